The number of hydrogen-bond acceptors (Lipinski definition) is 4. The Morgan fingerprint density at radius 3 is 2.62 bits per heavy atom. The van der Waals surface area contributed by atoms with Gasteiger partial charge in [0.05, 0.1) is 31.1 Å². The van der Waals surface area contributed by atoms with Crippen LogP contribution in [0.3, 0.4) is 0 Å². The van der Waals surface area contributed by atoms with Crippen molar-refractivity contribution in [3.63, 3.8) is 0 Å². The van der Waals surface area contributed by atoms with Gasteiger partial charge in [0.25, 0.3) is 5.56 Å². The molecular formula is C23H28N4O2. The van der Waals surface area contributed by atoms with Crippen molar-refractivity contribution < 1.29 is 4.74 Å². The van der Waals surface area contributed by atoms with Crippen molar-refractivity contribution in [2.45, 2.75) is 39.5 Å². The molecule has 0 unspecified atom stereocenters. The fraction of sp³-hybridized carbons (Fsp3) is 0.391. The van der Waals surface area contributed by atoms with E-state index in [0.717, 1.165) is 48.7 Å². The molecule has 0 N–H and O–H groups in total. The summed E-state index contributed by atoms with van der Waals surface area (Å²) in [5.74, 6) is 0. The summed E-state index contributed by atoms with van der Waals surface area (Å²) in [5, 5.41) is 0. The van der Waals surface area contributed by atoms with Crippen molar-refractivity contribution in [1.82, 2.24) is 19.2 Å². The molecule has 1 aromatic carbocycles. The first-order valence-electron chi connectivity index (χ1n) is 10.1. The summed E-state index contributed by atoms with van der Waals surface area (Å²) in [6.45, 7) is 6.22. The second-order valence-corrected chi connectivity index (χ2v) is 7.62. The van der Waals surface area contributed by atoms with Crippen molar-refractivity contribution in [2.75, 3.05) is 20.3 Å². The lowest BCUT2D eigenvalue weighted by Crippen LogP contribution is -2.32. The van der Waals surface area contributed by atoms with Crippen molar-refractivity contribution >= 4 is 0 Å². The molecule has 3 heterocycles. The fourth-order valence-corrected chi connectivity index (χ4v) is 4.07. The van der Waals surface area contributed by atoms with Gasteiger partial charge in [-0.15, -0.1) is 0 Å². The molecule has 0 fully saturated rings. The monoisotopic (exact) mass is 392 g/mol. The maximum atomic E-state index is 13.1. The highest BCUT2D eigenvalue weighted by atomic mass is 16.5. The first-order valence-corrected chi connectivity index (χ1v) is 10.1. The zero-order chi connectivity index (χ0) is 20.2. The minimum Gasteiger partial charge on any atom is -0.383 e. The lowest BCUT2D eigenvalue weighted by Gasteiger charge is -2.27. The summed E-state index contributed by atoms with van der Waals surface area (Å²) < 4.78 is 9.27. The molecule has 0 aliphatic carbocycles. The minimum atomic E-state index is 0.126. The van der Waals surface area contributed by atoms with E-state index in [2.05, 4.69) is 38.8 Å². The molecule has 0 saturated heterocycles. The van der Waals surface area contributed by atoms with Gasteiger partial charge in [-0.05, 0) is 31.0 Å². The Morgan fingerprint density at radius 2 is 1.86 bits per heavy atom. The standard InChI is InChI=1S/C23H28N4O2/c1-18-7-6-10-20(24-18)16-25-12-11-21-22(17-25)27(15-19-8-4-3-5-9-19)26(23(21)28)13-14-29-2/h3-10H,11-17H2,1-2H3. The molecule has 6 heteroatoms. The van der Waals surface area contributed by atoms with E-state index in [1.165, 1.54) is 5.56 Å². The smallest absolute Gasteiger partial charge is 0.270 e. The Morgan fingerprint density at radius 1 is 1.03 bits per heavy atom. The summed E-state index contributed by atoms with van der Waals surface area (Å²) in [6.07, 6.45) is 0.773. The van der Waals surface area contributed by atoms with E-state index >= 15 is 0 Å². The topological polar surface area (TPSA) is 52.3 Å². The van der Waals surface area contributed by atoms with Crippen LogP contribution >= 0.6 is 0 Å². The Bertz CT molecular complexity index is 1020. The molecule has 0 saturated carbocycles. The molecule has 0 radical (unpaired) electrons. The van der Waals surface area contributed by atoms with Crippen LogP contribution in [0, 0.1) is 6.92 Å². The van der Waals surface area contributed by atoms with Gasteiger partial charge in [0.2, 0.25) is 0 Å². The molecule has 1 aliphatic heterocycles. The van der Waals surface area contributed by atoms with Gasteiger partial charge in [0.1, 0.15) is 0 Å². The van der Waals surface area contributed by atoms with Crippen LogP contribution in [0.2, 0.25) is 0 Å². The van der Waals surface area contributed by atoms with E-state index in [4.69, 9.17) is 4.74 Å². The number of benzene rings is 1. The molecule has 29 heavy (non-hydrogen) atoms. The third kappa shape index (κ3) is 4.33. The molecule has 6 nitrogen and oxygen atoms in total. The number of aryl methyl sites for hydroxylation is 1. The molecule has 1 aliphatic rings. The summed E-state index contributed by atoms with van der Waals surface area (Å²) in [5.41, 5.74) is 5.49. The normalized spacial score (nSPS) is 14.1. The van der Waals surface area contributed by atoms with E-state index in [1.807, 2.05) is 35.9 Å². The second kappa shape index (κ2) is 8.76. The van der Waals surface area contributed by atoms with Crippen LogP contribution in [-0.2, 0) is 37.3 Å². The molecule has 0 spiro atoms. The molecule has 0 atom stereocenters. The van der Waals surface area contributed by atoms with Gasteiger partial charge >= 0.3 is 0 Å². The third-order valence-electron chi connectivity index (χ3n) is 5.51. The van der Waals surface area contributed by atoms with Crippen LogP contribution in [0.4, 0.5) is 0 Å². The Hall–Kier alpha value is -2.70. The molecule has 0 amide bonds. The van der Waals surface area contributed by atoms with Gasteiger partial charge in [-0.3, -0.25) is 19.4 Å². The van der Waals surface area contributed by atoms with Crippen LogP contribution in [0.15, 0.2) is 53.3 Å². The van der Waals surface area contributed by atoms with Crippen LogP contribution in [-0.4, -0.2) is 39.5 Å². The second-order valence-electron chi connectivity index (χ2n) is 7.62. The van der Waals surface area contributed by atoms with Gasteiger partial charge in [0, 0.05) is 38.0 Å². The quantitative estimate of drug-likeness (QED) is 0.620. The average molecular weight is 393 g/mol. The van der Waals surface area contributed by atoms with Crippen molar-refractivity contribution in [3.05, 3.63) is 87.1 Å². The van der Waals surface area contributed by atoms with Gasteiger partial charge in [-0.25, -0.2) is 4.68 Å². The highest BCUT2D eigenvalue weighted by molar-refractivity contribution is 5.25. The average Bonchev–Trinajstić information content (AvgIpc) is 2.98. The SMILES string of the molecule is COCCn1c(=O)c2c(n1Cc1ccccc1)CN(Cc1cccc(C)n1)CC2. The third-order valence-corrected chi connectivity index (χ3v) is 5.51. The largest absolute Gasteiger partial charge is 0.383 e. The van der Waals surface area contributed by atoms with Gasteiger partial charge < -0.3 is 4.74 Å². The first-order chi connectivity index (χ1) is 14.2. The van der Waals surface area contributed by atoms with Gasteiger partial charge in [-0.1, -0.05) is 36.4 Å². The van der Waals surface area contributed by atoms with Gasteiger partial charge in [-0.2, -0.15) is 0 Å². The number of rotatable bonds is 7. The van der Waals surface area contributed by atoms with Crippen LogP contribution in [0.1, 0.15) is 28.2 Å². The maximum Gasteiger partial charge on any atom is 0.270 e. The van der Waals surface area contributed by atoms with E-state index in [1.54, 1.807) is 7.11 Å². The van der Waals surface area contributed by atoms with Crippen molar-refractivity contribution in [3.8, 4) is 0 Å². The predicted octanol–water partition coefficient (Wildman–Crippen LogP) is 2.61. The molecule has 0 bridgehead atoms. The van der Waals surface area contributed by atoms with Crippen LogP contribution in [0.25, 0.3) is 0 Å². The summed E-state index contributed by atoms with van der Waals surface area (Å²) in [7, 11) is 1.67. The summed E-state index contributed by atoms with van der Waals surface area (Å²) in [6, 6.07) is 16.5. The molecule has 2 aromatic heterocycles. The van der Waals surface area contributed by atoms with Crippen LogP contribution < -0.4 is 5.56 Å². The summed E-state index contributed by atoms with van der Waals surface area (Å²) in [4.78, 5) is 20.1. The maximum absolute atomic E-state index is 13.1. The van der Waals surface area contributed by atoms with E-state index < -0.39 is 0 Å². The predicted molar refractivity (Wildman–Crippen MR) is 113 cm³/mol. The number of ether oxygens (including phenoxy) is 1. The van der Waals surface area contributed by atoms with Gasteiger partial charge in [0.15, 0.2) is 0 Å². The molecule has 3 aromatic rings. The molecule has 152 valence electrons. The molecular weight excluding hydrogens is 364 g/mol. The number of fused-ring (bicyclic) bond motifs is 1. The Balaban J connectivity index is 1.65. The summed E-state index contributed by atoms with van der Waals surface area (Å²) >= 11 is 0. The van der Waals surface area contributed by atoms with E-state index in [-0.39, 0.29) is 5.56 Å². The molecule has 4 rings (SSSR count). The zero-order valence-electron chi connectivity index (χ0n) is 17.2. The lowest BCUT2D eigenvalue weighted by molar-refractivity contribution is 0.175. The highest BCUT2D eigenvalue weighted by Gasteiger charge is 2.26. The zero-order valence-corrected chi connectivity index (χ0v) is 17.2. The lowest BCUT2D eigenvalue weighted by atomic mass is 10.1. The number of hydrogen-bond donors (Lipinski definition) is 0. The number of methoxy groups -OCH3 is 1. The van der Waals surface area contributed by atoms with Crippen LogP contribution in [0.5, 0.6) is 0 Å². The fourth-order valence-electron chi connectivity index (χ4n) is 4.07. The van der Waals surface area contributed by atoms with Crippen molar-refractivity contribution in [2.24, 2.45) is 0 Å². The Kier molecular flexibility index (Phi) is 5.92. The number of pyridine rings is 1. The highest BCUT2D eigenvalue weighted by Crippen LogP contribution is 2.20. The number of aromatic nitrogens is 3. The van der Waals surface area contributed by atoms with E-state index in [0.29, 0.717) is 19.7 Å². The minimum absolute atomic E-state index is 0.126. The van der Waals surface area contributed by atoms with E-state index in [9.17, 15) is 4.79 Å². The Labute approximate surface area is 171 Å². The number of nitrogens with zero attached hydrogens (tertiary/aromatic N) is 4. The van der Waals surface area contributed by atoms with Crippen molar-refractivity contribution in [1.29, 1.82) is 0 Å². The first kappa shape index (κ1) is 19.6.